The highest BCUT2D eigenvalue weighted by Crippen LogP contribution is 2.27. The predicted octanol–water partition coefficient (Wildman–Crippen LogP) is 2.95. The highest BCUT2D eigenvalue weighted by atomic mass is 79.9. The fourth-order valence-electron chi connectivity index (χ4n) is 2.99. The van der Waals surface area contributed by atoms with Gasteiger partial charge in [-0.25, -0.2) is 4.98 Å². The number of carbonyl (C=O) groups is 1. The van der Waals surface area contributed by atoms with Gasteiger partial charge in [0.05, 0.1) is 11.0 Å². The third kappa shape index (κ3) is 2.64. The van der Waals surface area contributed by atoms with Gasteiger partial charge in [-0.3, -0.25) is 9.36 Å². The normalized spacial score (nSPS) is 17.1. The number of amides is 1. The van der Waals surface area contributed by atoms with Crippen molar-refractivity contribution in [2.75, 3.05) is 18.8 Å². The molecule has 2 N–H and O–H groups in total. The van der Waals surface area contributed by atoms with Crippen LogP contribution >= 0.6 is 15.9 Å². The molecule has 2 aromatic rings. The fraction of sp³-hybridized carbons (Fsp3) is 0.467. The Bertz CT molecular complexity index is 676. The van der Waals surface area contributed by atoms with Crippen molar-refractivity contribution in [2.45, 2.75) is 32.2 Å². The molecule has 1 unspecified atom stereocenters. The number of rotatable bonds is 2. The Balaban J connectivity index is 1.95. The Morgan fingerprint density at radius 1 is 1.33 bits per heavy atom. The number of carbonyl (C=O) groups excluding carboxylic acids is 1. The number of nitrogens with zero attached hydrogens (tertiary/aromatic N) is 3. The molecule has 3 rings (SSSR count). The van der Waals surface area contributed by atoms with Crippen molar-refractivity contribution in [3.63, 3.8) is 0 Å². The molecule has 112 valence electrons. The van der Waals surface area contributed by atoms with E-state index in [1.165, 1.54) is 6.42 Å². The fourth-order valence-corrected chi connectivity index (χ4v) is 3.34. The number of halogens is 1. The number of nitrogen functional groups attached to an aromatic ring is 1. The Morgan fingerprint density at radius 3 is 2.76 bits per heavy atom. The van der Waals surface area contributed by atoms with Crippen LogP contribution in [0.1, 0.15) is 32.2 Å². The van der Waals surface area contributed by atoms with E-state index < -0.39 is 0 Å². The predicted molar refractivity (Wildman–Crippen MR) is 87.0 cm³/mol. The van der Waals surface area contributed by atoms with Crippen molar-refractivity contribution < 1.29 is 4.79 Å². The maximum absolute atomic E-state index is 12.7. The van der Waals surface area contributed by atoms with Gasteiger partial charge in [-0.1, -0.05) is 15.9 Å². The molecule has 1 aromatic heterocycles. The molecule has 1 atom stereocenters. The lowest BCUT2D eigenvalue weighted by Gasteiger charge is -2.30. The largest absolute Gasteiger partial charge is 0.369 e. The first-order valence-electron chi connectivity index (χ1n) is 7.29. The number of nitrogens with two attached hydrogens (primary N) is 1. The Hall–Kier alpha value is -1.56. The summed E-state index contributed by atoms with van der Waals surface area (Å²) in [6.07, 6.45) is 3.39. The van der Waals surface area contributed by atoms with Gasteiger partial charge in [0, 0.05) is 17.6 Å². The van der Waals surface area contributed by atoms with Crippen LogP contribution < -0.4 is 5.73 Å². The van der Waals surface area contributed by atoms with E-state index in [2.05, 4.69) is 20.9 Å². The van der Waals surface area contributed by atoms with Crippen molar-refractivity contribution in [1.29, 1.82) is 0 Å². The first kappa shape index (κ1) is 14.4. The number of piperidine rings is 1. The van der Waals surface area contributed by atoms with Crippen molar-refractivity contribution in [2.24, 2.45) is 0 Å². The lowest BCUT2D eigenvalue weighted by molar-refractivity contribution is -0.135. The second-order valence-corrected chi connectivity index (χ2v) is 6.45. The summed E-state index contributed by atoms with van der Waals surface area (Å²) < 4.78 is 2.79. The Morgan fingerprint density at radius 2 is 2.05 bits per heavy atom. The molecule has 0 saturated carbocycles. The first-order valence-corrected chi connectivity index (χ1v) is 8.09. The smallest absolute Gasteiger partial charge is 0.245 e. The van der Waals surface area contributed by atoms with Crippen molar-refractivity contribution >= 4 is 38.8 Å². The summed E-state index contributed by atoms with van der Waals surface area (Å²) >= 11 is 3.43. The number of anilines is 1. The van der Waals surface area contributed by atoms with Gasteiger partial charge in [-0.05, 0) is 44.4 Å². The van der Waals surface area contributed by atoms with Gasteiger partial charge < -0.3 is 10.6 Å². The van der Waals surface area contributed by atoms with Gasteiger partial charge in [0.1, 0.15) is 6.04 Å². The minimum atomic E-state index is -0.325. The van der Waals surface area contributed by atoms with Crippen LogP contribution in [0.5, 0.6) is 0 Å². The summed E-state index contributed by atoms with van der Waals surface area (Å²) in [6, 6.07) is 5.48. The van der Waals surface area contributed by atoms with Crippen LogP contribution in [0.2, 0.25) is 0 Å². The molecule has 0 spiro atoms. The second kappa shape index (κ2) is 5.67. The number of hydrogen-bond donors (Lipinski definition) is 1. The molecule has 1 aliphatic heterocycles. The maximum atomic E-state index is 12.7. The van der Waals surface area contributed by atoms with Crippen molar-refractivity contribution in [1.82, 2.24) is 14.5 Å². The van der Waals surface area contributed by atoms with Gasteiger partial charge in [0.25, 0.3) is 0 Å². The summed E-state index contributed by atoms with van der Waals surface area (Å²) in [5.74, 6) is 0.518. The zero-order valence-corrected chi connectivity index (χ0v) is 13.6. The van der Waals surface area contributed by atoms with E-state index in [0.717, 1.165) is 41.4 Å². The molecule has 0 radical (unpaired) electrons. The summed E-state index contributed by atoms with van der Waals surface area (Å²) in [7, 11) is 0. The lowest BCUT2D eigenvalue weighted by atomic mass is 10.1. The van der Waals surface area contributed by atoms with Gasteiger partial charge in [0.15, 0.2) is 0 Å². The summed E-state index contributed by atoms with van der Waals surface area (Å²) in [5.41, 5.74) is 7.74. The highest BCUT2D eigenvalue weighted by Gasteiger charge is 2.26. The van der Waals surface area contributed by atoms with Crippen LogP contribution in [-0.2, 0) is 4.79 Å². The van der Waals surface area contributed by atoms with E-state index >= 15 is 0 Å². The molecule has 2 heterocycles. The molecular formula is C15H19BrN4O. The Kier molecular flexibility index (Phi) is 3.89. The zero-order valence-electron chi connectivity index (χ0n) is 12.1. The average molecular weight is 351 g/mol. The molecule has 6 heteroatoms. The maximum Gasteiger partial charge on any atom is 0.245 e. The van der Waals surface area contributed by atoms with E-state index in [0.29, 0.717) is 5.95 Å². The number of fused-ring (bicyclic) bond motifs is 1. The topological polar surface area (TPSA) is 64.2 Å². The lowest BCUT2D eigenvalue weighted by Crippen LogP contribution is -2.39. The number of hydrogen-bond acceptors (Lipinski definition) is 3. The van der Waals surface area contributed by atoms with Crippen LogP contribution in [0, 0.1) is 0 Å². The molecule has 1 aromatic carbocycles. The molecular weight excluding hydrogens is 332 g/mol. The number of imidazole rings is 1. The molecule has 0 aliphatic carbocycles. The van der Waals surface area contributed by atoms with E-state index in [1.54, 1.807) is 0 Å². The monoisotopic (exact) mass is 350 g/mol. The average Bonchev–Trinajstić information content (AvgIpc) is 2.81. The van der Waals surface area contributed by atoms with Crippen LogP contribution in [-0.4, -0.2) is 33.4 Å². The summed E-state index contributed by atoms with van der Waals surface area (Å²) in [5, 5.41) is 0. The molecule has 21 heavy (non-hydrogen) atoms. The molecule has 1 saturated heterocycles. The molecule has 1 aliphatic rings. The van der Waals surface area contributed by atoms with E-state index in [9.17, 15) is 4.79 Å². The molecule has 0 bridgehead atoms. The molecule has 1 amide bonds. The van der Waals surface area contributed by atoms with Crippen LogP contribution in [0.3, 0.4) is 0 Å². The first-order chi connectivity index (χ1) is 10.1. The standard InChI is InChI=1S/C15H19BrN4O/c1-10(14(21)19-7-3-2-4-8-19)20-13-6-5-11(16)9-12(13)18-15(20)17/h5-6,9-10H,2-4,7-8H2,1H3,(H2,17,18). The summed E-state index contributed by atoms with van der Waals surface area (Å²) in [4.78, 5) is 19.0. The number of benzene rings is 1. The highest BCUT2D eigenvalue weighted by molar-refractivity contribution is 9.10. The second-order valence-electron chi connectivity index (χ2n) is 5.53. The van der Waals surface area contributed by atoms with Crippen LogP contribution in [0.15, 0.2) is 22.7 Å². The molecule has 5 nitrogen and oxygen atoms in total. The minimum Gasteiger partial charge on any atom is -0.369 e. The van der Waals surface area contributed by atoms with E-state index in [1.807, 2.05) is 34.6 Å². The quantitative estimate of drug-likeness (QED) is 0.905. The van der Waals surface area contributed by atoms with E-state index in [4.69, 9.17) is 5.73 Å². The zero-order chi connectivity index (χ0) is 15.0. The Labute approximate surface area is 132 Å². The van der Waals surface area contributed by atoms with E-state index in [-0.39, 0.29) is 11.9 Å². The van der Waals surface area contributed by atoms with Crippen LogP contribution in [0.4, 0.5) is 5.95 Å². The SMILES string of the molecule is CC(C(=O)N1CCCCC1)n1c(N)nc2cc(Br)ccc21. The summed E-state index contributed by atoms with van der Waals surface area (Å²) in [6.45, 7) is 3.60. The van der Waals surface area contributed by atoms with Gasteiger partial charge in [-0.2, -0.15) is 0 Å². The number of aromatic nitrogens is 2. The van der Waals surface area contributed by atoms with Crippen molar-refractivity contribution in [3.05, 3.63) is 22.7 Å². The van der Waals surface area contributed by atoms with Gasteiger partial charge in [0.2, 0.25) is 11.9 Å². The number of likely N-dealkylation sites (tertiary alicyclic amines) is 1. The molecule has 1 fully saturated rings. The van der Waals surface area contributed by atoms with Gasteiger partial charge >= 0.3 is 0 Å². The third-order valence-corrected chi connectivity index (χ3v) is 4.58. The minimum absolute atomic E-state index is 0.128. The van der Waals surface area contributed by atoms with Gasteiger partial charge in [-0.15, -0.1) is 0 Å². The van der Waals surface area contributed by atoms with Crippen LogP contribution in [0.25, 0.3) is 11.0 Å². The third-order valence-electron chi connectivity index (χ3n) is 4.09. The van der Waals surface area contributed by atoms with Crippen molar-refractivity contribution in [3.8, 4) is 0 Å².